The van der Waals surface area contributed by atoms with Gasteiger partial charge >= 0.3 is 12.1 Å². The first-order valence-electron chi connectivity index (χ1n) is 11.6. The van der Waals surface area contributed by atoms with Crippen molar-refractivity contribution in [1.29, 1.82) is 0 Å². The van der Waals surface area contributed by atoms with Gasteiger partial charge in [-0.05, 0) is 64.1 Å². The average molecular weight is 499 g/mol. The molecule has 11 heteroatoms. The molecule has 1 fully saturated rings. The van der Waals surface area contributed by atoms with Crippen molar-refractivity contribution < 1.29 is 27.9 Å². The SMILES string of the molecule is CC(C)CCN(C(=O)OC(C)(C)C)C(=O)N(C1CC(C)CNC[C@@H]1O)S(=O)(=O)c1ccccn1. The van der Waals surface area contributed by atoms with E-state index in [4.69, 9.17) is 4.74 Å². The fourth-order valence-electron chi connectivity index (χ4n) is 3.63. The van der Waals surface area contributed by atoms with Crippen LogP contribution in [-0.2, 0) is 14.8 Å². The Labute approximate surface area is 202 Å². The Hall–Kier alpha value is -2.24. The van der Waals surface area contributed by atoms with Gasteiger partial charge in [0, 0.05) is 19.3 Å². The van der Waals surface area contributed by atoms with Gasteiger partial charge in [-0.1, -0.05) is 26.8 Å². The molecule has 1 aromatic rings. The summed E-state index contributed by atoms with van der Waals surface area (Å²) in [6.07, 6.45) is -0.119. The Bertz CT molecular complexity index is 933. The first kappa shape index (κ1) is 28.0. The highest BCUT2D eigenvalue weighted by molar-refractivity contribution is 7.89. The maximum absolute atomic E-state index is 13.9. The number of sulfonamides is 1. The summed E-state index contributed by atoms with van der Waals surface area (Å²) in [7, 11) is -4.50. The number of carbonyl (C=O) groups is 2. The van der Waals surface area contributed by atoms with Crippen LogP contribution in [-0.4, -0.2) is 77.2 Å². The molecule has 1 aliphatic rings. The summed E-state index contributed by atoms with van der Waals surface area (Å²) in [6, 6.07) is 2.20. The lowest BCUT2D eigenvalue weighted by Gasteiger charge is -2.36. The van der Waals surface area contributed by atoms with E-state index in [1.807, 2.05) is 20.8 Å². The molecule has 10 nitrogen and oxygen atoms in total. The smallest absolute Gasteiger partial charge is 0.418 e. The maximum Gasteiger partial charge on any atom is 0.418 e. The predicted molar refractivity (Wildman–Crippen MR) is 127 cm³/mol. The third kappa shape index (κ3) is 7.38. The molecular formula is C23H38N4O6S. The number of amides is 3. The lowest BCUT2D eigenvalue weighted by atomic mass is 10.00. The zero-order valence-corrected chi connectivity index (χ0v) is 21.7. The molecule has 2 rings (SSSR count). The van der Waals surface area contributed by atoms with E-state index in [1.165, 1.54) is 18.3 Å². The number of hydrogen-bond donors (Lipinski definition) is 2. The number of β-amino-alcohol motifs (C(OH)–C–C–N with tert-alkyl or cyclic N) is 1. The van der Waals surface area contributed by atoms with Crippen LogP contribution in [0.2, 0.25) is 0 Å². The second kappa shape index (κ2) is 11.5. The van der Waals surface area contributed by atoms with Crippen LogP contribution in [0, 0.1) is 11.8 Å². The van der Waals surface area contributed by atoms with Crippen LogP contribution in [0.1, 0.15) is 54.4 Å². The maximum atomic E-state index is 13.9. The van der Waals surface area contributed by atoms with Gasteiger partial charge in [0.1, 0.15) is 5.60 Å². The fraction of sp³-hybridized carbons (Fsp3) is 0.696. The molecule has 1 aromatic heterocycles. The quantitative estimate of drug-likeness (QED) is 0.613. The average Bonchev–Trinajstić information content (AvgIpc) is 2.87. The molecule has 0 bridgehead atoms. The van der Waals surface area contributed by atoms with Crippen molar-refractivity contribution in [3.05, 3.63) is 24.4 Å². The highest BCUT2D eigenvalue weighted by atomic mass is 32.2. The monoisotopic (exact) mass is 498 g/mol. The van der Waals surface area contributed by atoms with Gasteiger partial charge < -0.3 is 15.2 Å². The molecule has 2 heterocycles. The van der Waals surface area contributed by atoms with Gasteiger partial charge in [0.2, 0.25) is 0 Å². The third-order valence-corrected chi connectivity index (χ3v) is 7.07. The van der Waals surface area contributed by atoms with E-state index in [0.29, 0.717) is 17.3 Å². The van der Waals surface area contributed by atoms with Crippen LogP contribution >= 0.6 is 0 Å². The van der Waals surface area contributed by atoms with Gasteiger partial charge in [-0.3, -0.25) is 0 Å². The Morgan fingerprint density at radius 2 is 1.94 bits per heavy atom. The first-order valence-corrected chi connectivity index (χ1v) is 13.1. The number of urea groups is 1. The summed E-state index contributed by atoms with van der Waals surface area (Å²) < 4.78 is 33.5. The van der Waals surface area contributed by atoms with E-state index in [2.05, 4.69) is 10.3 Å². The Balaban J connectivity index is 2.59. The van der Waals surface area contributed by atoms with Crippen molar-refractivity contribution in [2.24, 2.45) is 11.8 Å². The zero-order chi connectivity index (χ0) is 25.7. The molecule has 2 unspecified atom stereocenters. The number of aliphatic hydroxyl groups excluding tert-OH is 1. The second-order valence-corrected chi connectivity index (χ2v) is 12.0. The summed E-state index contributed by atoms with van der Waals surface area (Å²) in [5.74, 6) is 0.119. The van der Waals surface area contributed by atoms with Gasteiger partial charge in [-0.15, -0.1) is 0 Å². The number of hydrogen-bond acceptors (Lipinski definition) is 8. The van der Waals surface area contributed by atoms with Gasteiger partial charge in [-0.2, -0.15) is 8.42 Å². The number of carbonyl (C=O) groups excluding carboxylic acids is 2. The Morgan fingerprint density at radius 3 is 2.50 bits per heavy atom. The van der Waals surface area contributed by atoms with E-state index < -0.39 is 39.9 Å². The number of aliphatic hydroxyl groups is 1. The number of ether oxygens (including phenoxy) is 1. The summed E-state index contributed by atoms with van der Waals surface area (Å²) in [5, 5.41) is 13.6. The lowest BCUT2D eigenvalue weighted by Crippen LogP contribution is -2.57. The van der Waals surface area contributed by atoms with Gasteiger partial charge in [0.05, 0.1) is 12.1 Å². The van der Waals surface area contributed by atoms with Crippen LogP contribution in [0.15, 0.2) is 29.4 Å². The molecule has 1 aliphatic heterocycles. The molecule has 3 amide bonds. The molecule has 0 saturated carbocycles. The highest BCUT2D eigenvalue weighted by Crippen LogP contribution is 2.27. The zero-order valence-electron chi connectivity index (χ0n) is 20.9. The normalized spacial score (nSPS) is 21.6. The summed E-state index contributed by atoms with van der Waals surface area (Å²) in [5.41, 5.74) is -0.890. The second-order valence-electron chi connectivity index (χ2n) is 10.2. The van der Waals surface area contributed by atoms with Gasteiger partial charge in [0.15, 0.2) is 5.03 Å². The summed E-state index contributed by atoms with van der Waals surface area (Å²) in [6.45, 7) is 11.4. The topological polar surface area (TPSA) is 129 Å². The van der Waals surface area contributed by atoms with E-state index in [1.54, 1.807) is 26.8 Å². The summed E-state index contributed by atoms with van der Waals surface area (Å²) >= 11 is 0. The Morgan fingerprint density at radius 1 is 1.26 bits per heavy atom. The van der Waals surface area contributed by atoms with E-state index in [-0.39, 0.29) is 36.4 Å². The van der Waals surface area contributed by atoms with Crippen molar-refractivity contribution in [2.75, 3.05) is 19.6 Å². The molecule has 34 heavy (non-hydrogen) atoms. The van der Waals surface area contributed by atoms with Crippen LogP contribution in [0.3, 0.4) is 0 Å². The number of aromatic nitrogens is 1. The van der Waals surface area contributed by atoms with Crippen molar-refractivity contribution >= 4 is 22.1 Å². The van der Waals surface area contributed by atoms with Gasteiger partial charge in [0.25, 0.3) is 10.0 Å². The molecule has 3 atom stereocenters. The molecule has 0 radical (unpaired) electrons. The Kier molecular flexibility index (Phi) is 9.44. The number of pyridine rings is 1. The molecule has 1 saturated heterocycles. The molecule has 0 aromatic carbocycles. The van der Waals surface area contributed by atoms with E-state index >= 15 is 0 Å². The minimum Gasteiger partial charge on any atom is -0.443 e. The molecule has 0 spiro atoms. The van der Waals surface area contributed by atoms with Crippen LogP contribution in [0.25, 0.3) is 0 Å². The van der Waals surface area contributed by atoms with E-state index in [0.717, 1.165) is 4.90 Å². The molecule has 0 aliphatic carbocycles. The fourth-order valence-corrected chi connectivity index (χ4v) is 5.16. The van der Waals surface area contributed by atoms with Crippen molar-refractivity contribution in [2.45, 2.75) is 77.2 Å². The van der Waals surface area contributed by atoms with E-state index in [9.17, 15) is 23.1 Å². The van der Waals surface area contributed by atoms with Crippen LogP contribution in [0.4, 0.5) is 9.59 Å². The van der Waals surface area contributed by atoms with Crippen LogP contribution < -0.4 is 5.32 Å². The minimum atomic E-state index is -4.50. The first-order chi connectivity index (χ1) is 15.7. The number of imide groups is 1. The molecule has 192 valence electrons. The molecule has 2 N–H and O–H groups in total. The van der Waals surface area contributed by atoms with Crippen molar-refractivity contribution in [3.63, 3.8) is 0 Å². The van der Waals surface area contributed by atoms with Gasteiger partial charge in [-0.25, -0.2) is 23.8 Å². The predicted octanol–water partition coefficient (Wildman–Crippen LogP) is 2.83. The van der Waals surface area contributed by atoms with Crippen molar-refractivity contribution in [3.8, 4) is 0 Å². The molecular weight excluding hydrogens is 460 g/mol. The third-order valence-electron chi connectivity index (χ3n) is 5.36. The minimum absolute atomic E-state index is 0.0259. The lowest BCUT2D eigenvalue weighted by molar-refractivity contribution is 0.0262. The largest absolute Gasteiger partial charge is 0.443 e. The number of nitrogens with zero attached hydrogens (tertiary/aromatic N) is 3. The highest BCUT2D eigenvalue weighted by Gasteiger charge is 2.45. The van der Waals surface area contributed by atoms with Crippen LogP contribution in [0.5, 0.6) is 0 Å². The number of rotatable bonds is 6. The standard InChI is InChI=1S/C23H38N4O6S/c1-16(2)10-12-26(22(30)33-23(4,5)6)21(29)27(18-13-17(3)14-24-15-19(18)28)34(31,32)20-9-7-8-11-25-20/h7-9,11,16-19,24,28H,10,12-15H2,1-6H3/t17?,18?,19-/m0/s1. The summed E-state index contributed by atoms with van der Waals surface area (Å²) in [4.78, 5) is 31.7. The number of nitrogens with one attached hydrogen (secondary N) is 1. The van der Waals surface area contributed by atoms with Crippen molar-refractivity contribution in [1.82, 2.24) is 19.5 Å².